The summed E-state index contributed by atoms with van der Waals surface area (Å²) in [5.41, 5.74) is 0. The van der Waals surface area contributed by atoms with Crippen molar-refractivity contribution >= 4 is 11.9 Å². The zero-order valence-corrected chi connectivity index (χ0v) is 9.20. The molecule has 0 bridgehead atoms. The third kappa shape index (κ3) is 3.53. The number of carbonyl (C=O) groups is 2. The summed E-state index contributed by atoms with van der Waals surface area (Å²) in [5, 5.41) is 10.6. The van der Waals surface area contributed by atoms with Gasteiger partial charge in [0.1, 0.15) is 0 Å². The van der Waals surface area contributed by atoms with Gasteiger partial charge in [0.05, 0.1) is 0 Å². The van der Waals surface area contributed by atoms with Crippen LogP contribution in [-0.4, -0.2) is 29.9 Å². The van der Waals surface area contributed by atoms with Crippen molar-refractivity contribution < 1.29 is 14.7 Å². The first-order chi connectivity index (χ1) is 7.15. The summed E-state index contributed by atoms with van der Waals surface area (Å²) in [7, 11) is 0. The molecule has 0 radical (unpaired) electrons. The molecule has 0 unspecified atom stereocenters. The average molecular weight is 212 g/mol. The molecule has 0 spiro atoms. The Morgan fingerprint density at radius 1 is 1.47 bits per heavy atom. The van der Waals surface area contributed by atoms with Crippen molar-refractivity contribution in [1.29, 1.82) is 0 Å². The molecule has 4 heteroatoms. The molecular formula is C11H18NO3-. The van der Waals surface area contributed by atoms with Crippen LogP contribution < -0.4 is 5.11 Å². The minimum atomic E-state index is -1.10. The SMILES string of the molecule is CCCCCCN1C[C@H](C(=O)[O-])CC1=O. The van der Waals surface area contributed by atoms with E-state index in [2.05, 4.69) is 6.92 Å². The fraction of sp³-hybridized carbons (Fsp3) is 0.818. The molecule has 1 rings (SSSR count). The van der Waals surface area contributed by atoms with Crippen LogP contribution in [0, 0.1) is 5.92 Å². The Balaban J connectivity index is 2.25. The van der Waals surface area contributed by atoms with E-state index in [1.807, 2.05) is 0 Å². The summed E-state index contributed by atoms with van der Waals surface area (Å²) in [4.78, 5) is 23.6. The van der Waals surface area contributed by atoms with Gasteiger partial charge in [-0.2, -0.15) is 0 Å². The van der Waals surface area contributed by atoms with Crippen molar-refractivity contribution in [2.24, 2.45) is 5.92 Å². The molecular weight excluding hydrogens is 194 g/mol. The number of carbonyl (C=O) groups excluding carboxylic acids is 2. The Hall–Kier alpha value is -1.06. The molecule has 15 heavy (non-hydrogen) atoms. The van der Waals surface area contributed by atoms with E-state index in [-0.39, 0.29) is 12.3 Å². The van der Waals surface area contributed by atoms with E-state index in [0.717, 1.165) is 19.3 Å². The first kappa shape index (κ1) is 12.0. The standard InChI is InChI=1S/C11H19NO3/c1-2-3-4-5-6-12-8-9(11(14)15)7-10(12)13/h9H,2-8H2,1H3,(H,14,15)/p-1/t9-/m1/s1. The van der Waals surface area contributed by atoms with E-state index in [1.54, 1.807) is 4.90 Å². The lowest BCUT2D eigenvalue weighted by molar-refractivity contribution is -0.311. The molecule has 0 aromatic carbocycles. The molecule has 4 nitrogen and oxygen atoms in total. The fourth-order valence-corrected chi connectivity index (χ4v) is 1.88. The van der Waals surface area contributed by atoms with Crippen molar-refractivity contribution in [2.75, 3.05) is 13.1 Å². The molecule has 1 aliphatic heterocycles. The van der Waals surface area contributed by atoms with Gasteiger partial charge in [-0.3, -0.25) is 4.79 Å². The van der Waals surface area contributed by atoms with Crippen LogP contribution in [-0.2, 0) is 9.59 Å². The highest BCUT2D eigenvalue weighted by Gasteiger charge is 2.29. The number of unbranched alkanes of at least 4 members (excludes halogenated alkanes) is 3. The monoisotopic (exact) mass is 212 g/mol. The Bertz CT molecular complexity index is 240. The molecule has 86 valence electrons. The van der Waals surface area contributed by atoms with Gasteiger partial charge in [0, 0.05) is 31.4 Å². The minimum absolute atomic E-state index is 0.0410. The number of rotatable bonds is 6. The van der Waals surface area contributed by atoms with E-state index in [4.69, 9.17) is 0 Å². The number of aliphatic carboxylic acids is 1. The molecule has 0 aliphatic carbocycles. The molecule has 0 aromatic rings. The molecule has 0 aromatic heterocycles. The van der Waals surface area contributed by atoms with E-state index < -0.39 is 11.9 Å². The van der Waals surface area contributed by atoms with Crippen molar-refractivity contribution in [2.45, 2.75) is 39.0 Å². The van der Waals surface area contributed by atoms with Crippen LogP contribution in [0.15, 0.2) is 0 Å². The minimum Gasteiger partial charge on any atom is -0.550 e. The van der Waals surface area contributed by atoms with Crippen molar-refractivity contribution in [3.8, 4) is 0 Å². The van der Waals surface area contributed by atoms with E-state index >= 15 is 0 Å². The summed E-state index contributed by atoms with van der Waals surface area (Å²) in [6, 6.07) is 0. The Kier molecular flexibility index (Phi) is 4.59. The van der Waals surface area contributed by atoms with Gasteiger partial charge in [-0.25, -0.2) is 0 Å². The van der Waals surface area contributed by atoms with Gasteiger partial charge in [0.2, 0.25) is 5.91 Å². The van der Waals surface area contributed by atoms with Crippen LogP contribution in [0.4, 0.5) is 0 Å². The number of carboxylic acids is 1. The van der Waals surface area contributed by atoms with Crippen LogP contribution in [0.3, 0.4) is 0 Å². The fourth-order valence-electron chi connectivity index (χ4n) is 1.88. The van der Waals surface area contributed by atoms with Crippen LogP contribution in [0.25, 0.3) is 0 Å². The van der Waals surface area contributed by atoms with Gasteiger partial charge in [-0.15, -0.1) is 0 Å². The molecule has 1 heterocycles. The van der Waals surface area contributed by atoms with Gasteiger partial charge in [0.15, 0.2) is 0 Å². The van der Waals surface area contributed by atoms with Crippen molar-refractivity contribution in [3.05, 3.63) is 0 Å². The Labute approximate surface area is 90.3 Å². The second kappa shape index (κ2) is 5.73. The first-order valence-corrected chi connectivity index (χ1v) is 5.63. The number of nitrogens with zero attached hydrogens (tertiary/aromatic N) is 1. The molecule has 1 fully saturated rings. The van der Waals surface area contributed by atoms with Gasteiger partial charge in [-0.1, -0.05) is 26.2 Å². The third-order valence-electron chi connectivity index (χ3n) is 2.83. The van der Waals surface area contributed by atoms with Crippen molar-refractivity contribution in [1.82, 2.24) is 4.90 Å². The molecule has 1 amide bonds. The van der Waals surface area contributed by atoms with E-state index in [9.17, 15) is 14.7 Å². The second-order valence-electron chi connectivity index (χ2n) is 4.12. The second-order valence-corrected chi connectivity index (χ2v) is 4.12. The lowest BCUT2D eigenvalue weighted by atomic mass is 10.1. The normalized spacial score (nSPS) is 21.0. The highest BCUT2D eigenvalue weighted by molar-refractivity contribution is 5.85. The molecule has 1 aliphatic rings. The number of hydrogen-bond acceptors (Lipinski definition) is 3. The quantitative estimate of drug-likeness (QED) is 0.589. The molecule has 1 saturated heterocycles. The predicted octanol–water partition coefficient (Wildman–Crippen LogP) is 0.165. The number of amides is 1. The van der Waals surface area contributed by atoms with Gasteiger partial charge < -0.3 is 14.8 Å². The highest BCUT2D eigenvalue weighted by Crippen LogP contribution is 2.17. The zero-order chi connectivity index (χ0) is 11.3. The highest BCUT2D eigenvalue weighted by atomic mass is 16.4. The predicted molar refractivity (Wildman–Crippen MR) is 53.8 cm³/mol. The molecule has 1 atom stereocenters. The smallest absolute Gasteiger partial charge is 0.223 e. The summed E-state index contributed by atoms with van der Waals surface area (Å²) in [6.45, 7) is 3.17. The van der Waals surface area contributed by atoms with Crippen LogP contribution in [0.5, 0.6) is 0 Å². The van der Waals surface area contributed by atoms with Crippen LogP contribution in [0.2, 0.25) is 0 Å². The van der Waals surface area contributed by atoms with Gasteiger partial charge >= 0.3 is 0 Å². The van der Waals surface area contributed by atoms with E-state index in [0.29, 0.717) is 13.1 Å². The maximum absolute atomic E-state index is 11.4. The largest absolute Gasteiger partial charge is 0.550 e. The van der Waals surface area contributed by atoms with Gasteiger partial charge in [-0.05, 0) is 6.42 Å². The molecule has 0 saturated carbocycles. The number of hydrogen-bond donors (Lipinski definition) is 0. The Morgan fingerprint density at radius 3 is 2.73 bits per heavy atom. The average Bonchev–Trinajstić information content (AvgIpc) is 2.55. The third-order valence-corrected chi connectivity index (χ3v) is 2.83. The van der Waals surface area contributed by atoms with Crippen LogP contribution >= 0.6 is 0 Å². The number of carboxylic acid groups (broad SMARTS) is 1. The van der Waals surface area contributed by atoms with Crippen LogP contribution in [0.1, 0.15) is 39.0 Å². The summed E-state index contributed by atoms with van der Waals surface area (Å²) in [5.74, 6) is -1.73. The summed E-state index contributed by atoms with van der Waals surface area (Å²) < 4.78 is 0. The molecule has 0 N–H and O–H groups in total. The summed E-state index contributed by atoms with van der Waals surface area (Å²) in [6.07, 6.45) is 4.54. The van der Waals surface area contributed by atoms with Gasteiger partial charge in [0.25, 0.3) is 0 Å². The van der Waals surface area contributed by atoms with Crippen molar-refractivity contribution in [3.63, 3.8) is 0 Å². The maximum atomic E-state index is 11.4. The maximum Gasteiger partial charge on any atom is 0.223 e. The summed E-state index contributed by atoms with van der Waals surface area (Å²) >= 11 is 0. The topological polar surface area (TPSA) is 60.4 Å². The number of likely N-dealkylation sites (tertiary alicyclic amines) is 1. The first-order valence-electron chi connectivity index (χ1n) is 5.63. The Morgan fingerprint density at radius 2 is 2.20 bits per heavy atom. The zero-order valence-electron chi connectivity index (χ0n) is 9.20. The van der Waals surface area contributed by atoms with E-state index in [1.165, 1.54) is 6.42 Å². The lowest BCUT2D eigenvalue weighted by Gasteiger charge is -2.16. The lowest BCUT2D eigenvalue weighted by Crippen LogP contribution is -2.33.